The minimum Gasteiger partial charge on any atom is -0.388 e. The molecule has 2 atom stereocenters. The van der Waals surface area contributed by atoms with Crippen LogP contribution < -0.4 is 0 Å². The summed E-state index contributed by atoms with van der Waals surface area (Å²) in [6.07, 6.45) is 0. The van der Waals surface area contributed by atoms with Crippen molar-refractivity contribution >= 4 is 27.4 Å². The van der Waals surface area contributed by atoms with E-state index in [0.29, 0.717) is 25.2 Å². The van der Waals surface area contributed by atoms with E-state index in [9.17, 15) is 13.2 Å². The van der Waals surface area contributed by atoms with Crippen LogP contribution in [0.5, 0.6) is 0 Å². The number of halogens is 1. The number of nitrogens with zero attached hydrogens (tertiary/aromatic N) is 2. The highest BCUT2D eigenvalue weighted by Gasteiger charge is 2.36. The minimum atomic E-state index is -3.66. The van der Waals surface area contributed by atoms with E-state index in [1.54, 1.807) is 30.3 Å². The number of sulfonamides is 1. The summed E-state index contributed by atoms with van der Waals surface area (Å²) < 4.78 is 27.6. The highest BCUT2D eigenvalue weighted by Crippen LogP contribution is 2.28. The standard InChI is InChI=1S/C21H25ClN2O4S/c1-15-11-23(29(27,28)21-6-4-3-5-19(21)22)12-16(2)24(15)13-17-7-9-18(10-8-17)20(26)14-25/h3-10,15-16,25H,11-14H2,1-2H3/t15-,16+. The zero-order chi connectivity index (χ0) is 21.2. The fourth-order valence-corrected chi connectivity index (χ4v) is 5.80. The number of carbonyl (C=O) groups excluding carboxylic acids is 1. The van der Waals surface area contributed by atoms with E-state index in [4.69, 9.17) is 16.7 Å². The lowest BCUT2D eigenvalue weighted by atomic mass is 10.1. The second kappa shape index (κ2) is 8.93. The zero-order valence-electron chi connectivity index (χ0n) is 16.5. The molecule has 1 saturated heterocycles. The molecule has 0 amide bonds. The van der Waals surface area contributed by atoms with Crippen LogP contribution in [0.1, 0.15) is 29.8 Å². The summed E-state index contributed by atoms with van der Waals surface area (Å²) in [6, 6.07) is 13.7. The lowest BCUT2D eigenvalue weighted by Gasteiger charge is -2.43. The maximum Gasteiger partial charge on any atom is 0.244 e. The van der Waals surface area contributed by atoms with Gasteiger partial charge in [0.15, 0.2) is 5.78 Å². The summed E-state index contributed by atoms with van der Waals surface area (Å²) in [4.78, 5) is 13.9. The molecule has 0 aromatic heterocycles. The second-order valence-electron chi connectivity index (χ2n) is 7.40. The van der Waals surface area contributed by atoms with Gasteiger partial charge in [-0.25, -0.2) is 8.42 Å². The molecule has 1 aliphatic rings. The topological polar surface area (TPSA) is 77.9 Å². The third kappa shape index (κ3) is 4.70. The van der Waals surface area contributed by atoms with E-state index in [1.165, 1.54) is 10.4 Å². The molecular weight excluding hydrogens is 412 g/mol. The molecule has 8 heteroatoms. The van der Waals surface area contributed by atoms with E-state index in [0.717, 1.165) is 5.56 Å². The average Bonchev–Trinajstić information content (AvgIpc) is 2.70. The first-order valence-electron chi connectivity index (χ1n) is 9.47. The van der Waals surface area contributed by atoms with E-state index in [-0.39, 0.29) is 27.8 Å². The highest BCUT2D eigenvalue weighted by atomic mass is 35.5. The molecular formula is C21H25ClN2O4S. The number of hydrogen-bond acceptors (Lipinski definition) is 5. The Hall–Kier alpha value is -1.77. The molecule has 6 nitrogen and oxygen atoms in total. The normalized spacial score (nSPS) is 21.2. The highest BCUT2D eigenvalue weighted by molar-refractivity contribution is 7.89. The fraction of sp³-hybridized carbons (Fsp3) is 0.381. The number of aliphatic hydroxyl groups is 1. The largest absolute Gasteiger partial charge is 0.388 e. The first-order valence-corrected chi connectivity index (χ1v) is 11.3. The SMILES string of the molecule is C[C@@H]1CN(S(=O)(=O)c2ccccc2Cl)C[C@H](C)N1Cc1ccc(C(=O)CO)cc1. The molecule has 1 aliphatic heterocycles. The quantitative estimate of drug-likeness (QED) is 0.704. The predicted octanol–water partition coefficient (Wildman–Crippen LogP) is 2.80. The van der Waals surface area contributed by atoms with Crippen molar-refractivity contribution in [2.75, 3.05) is 19.7 Å². The van der Waals surface area contributed by atoms with Gasteiger partial charge in [0.1, 0.15) is 11.5 Å². The van der Waals surface area contributed by atoms with Crippen LogP contribution in [-0.4, -0.2) is 60.3 Å². The average molecular weight is 437 g/mol. The Morgan fingerprint density at radius 1 is 1.07 bits per heavy atom. The smallest absolute Gasteiger partial charge is 0.244 e. The predicted molar refractivity (Wildman–Crippen MR) is 113 cm³/mol. The molecule has 0 spiro atoms. The lowest BCUT2D eigenvalue weighted by Crippen LogP contribution is -2.57. The summed E-state index contributed by atoms with van der Waals surface area (Å²) in [7, 11) is -3.66. The molecule has 0 saturated carbocycles. The van der Waals surface area contributed by atoms with Gasteiger partial charge in [-0.05, 0) is 31.5 Å². The number of benzene rings is 2. The van der Waals surface area contributed by atoms with Crippen LogP contribution in [0.4, 0.5) is 0 Å². The molecule has 0 radical (unpaired) electrons. The van der Waals surface area contributed by atoms with Crippen molar-refractivity contribution in [2.24, 2.45) is 0 Å². The van der Waals surface area contributed by atoms with Crippen LogP contribution in [-0.2, 0) is 16.6 Å². The van der Waals surface area contributed by atoms with Crippen molar-refractivity contribution in [3.63, 3.8) is 0 Å². The van der Waals surface area contributed by atoms with Crippen molar-refractivity contribution in [3.8, 4) is 0 Å². The third-order valence-electron chi connectivity index (χ3n) is 5.31. The number of ketones is 1. The van der Waals surface area contributed by atoms with Gasteiger partial charge in [0.05, 0.1) is 5.02 Å². The van der Waals surface area contributed by atoms with E-state index in [1.807, 2.05) is 26.0 Å². The van der Waals surface area contributed by atoms with Crippen molar-refractivity contribution < 1.29 is 18.3 Å². The molecule has 1 fully saturated rings. The summed E-state index contributed by atoms with van der Waals surface area (Å²) in [6.45, 7) is 4.91. The summed E-state index contributed by atoms with van der Waals surface area (Å²) in [5.74, 6) is -0.309. The van der Waals surface area contributed by atoms with Crippen molar-refractivity contribution in [1.82, 2.24) is 9.21 Å². The second-order valence-corrected chi connectivity index (χ2v) is 9.71. The summed E-state index contributed by atoms with van der Waals surface area (Å²) in [5.41, 5.74) is 1.51. The van der Waals surface area contributed by atoms with Crippen LogP contribution in [0.25, 0.3) is 0 Å². The third-order valence-corrected chi connectivity index (χ3v) is 7.64. The van der Waals surface area contributed by atoms with Gasteiger partial charge in [0.2, 0.25) is 10.0 Å². The van der Waals surface area contributed by atoms with Gasteiger partial charge in [0.25, 0.3) is 0 Å². The Bertz CT molecular complexity index is 966. The Balaban J connectivity index is 1.73. The molecule has 0 unspecified atom stereocenters. The molecule has 156 valence electrons. The Kier molecular flexibility index (Phi) is 6.76. The van der Waals surface area contributed by atoms with E-state index in [2.05, 4.69) is 4.90 Å². The molecule has 0 bridgehead atoms. The van der Waals surface area contributed by atoms with Gasteiger partial charge < -0.3 is 5.11 Å². The van der Waals surface area contributed by atoms with Crippen molar-refractivity contribution in [3.05, 3.63) is 64.7 Å². The first kappa shape index (κ1) is 21.9. The number of piperazine rings is 1. The Morgan fingerprint density at radius 3 is 2.21 bits per heavy atom. The number of aliphatic hydroxyl groups excluding tert-OH is 1. The summed E-state index contributed by atoms with van der Waals surface area (Å²) in [5, 5.41) is 9.19. The number of carbonyl (C=O) groups is 1. The van der Waals surface area contributed by atoms with Crippen LogP contribution in [0.3, 0.4) is 0 Å². The summed E-state index contributed by atoms with van der Waals surface area (Å²) >= 11 is 6.13. The Morgan fingerprint density at radius 2 is 1.66 bits per heavy atom. The van der Waals surface area contributed by atoms with Crippen LogP contribution in [0, 0.1) is 0 Å². The van der Waals surface area contributed by atoms with Crippen LogP contribution in [0.2, 0.25) is 5.02 Å². The van der Waals surface area contributed by atoms with Crippen LogP contribution in [0.15, 0.2) is 53.4 Å². The lowest BCUT2D eigenvalue weighted by molar-refractivity contribution is 0.0698. The van der Waals surface area contributed by atoms with Gasteiger partial charge in [-0.2, -0.15) is 4.31 Å². The van der Waals surface area contributed by atoms with Gasteiger partial charge >= 0.3 is 0 Å². The van der Waals surface area contributed by atoms with Crippen LogP contribution >= 0.6 is 11.6 Å². The molecule has 2 aromatic rings. The number of rotatable bonds is 6. The first-order chi connectivity index (χ1) is 13.7. The molecule has 29 heavy (non-hydrogen) atoms. The minimum absolute atomic E-state index is 0.00904. The van der Waals surface area contributed by atoms with E-state index < -0.39 is 16.6 Å². The molecule has 1 heterocycles. The molecule has 0 aliphatic carbocycles. The maximum atomic E-state index is 13.1. The van der Waals surface area contributed by atoms with E-state index >= 15 is 0 Å². The van der Waals surface area contributed by atoms with Crippen molar-refractivity contribution in [1.29, 1.82) is 0 Å². The van der Waals surface area contributed by atoms with Gasteiger partial charge in [-0.15, -0.1) is 0 Å². The molecule has 3 rings (SSSR count). The monoisotopic (exact) mass is 436 g/mol. The van der Waals surface area contributed by atoms with Gasteiger partial charge in [-0.3, -0.25) is 9.69 Å². The molecule has 1 N–H and O–H groups in total. The van der Waals surface area contributed by atoms with Gasteiger partial charge in [-0.1, -0.05) is 48.0 Å². The number of hydrogen-bond donors (Lipinski definition) is 1. The number of Topliss-reactive ketones (excluding diaryl/α,β-unsaturated/α-hetero) is 1. The van der Waals surface area contributed by atoms with Gasteiger partial charge in [0, 0.05) is 37.3 Å². The zero-order valence-corrected chi connectivity index (χ0v) is 18.0. The Labute approximate surface area is 176 Å². The maximum absolute atomic E-state index is 13.1. The van der Waals surface area contributed by atoms with Crippen molar-refractivity contribution in [2.45, 2.75) is 37.4 Å². The molecule has 2 aromatic carbocycles. The fourth-order valence-electron chi connectivity index (χ4n) is 3.71.